The molecule has 0 fully saturated rings. The number of rotatable bonds is 7. The molecule has 6 heteroatoms. The van der Waals surface area contributed by atoms with Crippen LogP contribution in [0.3, 0.4) is 0 Å². The molecule has 2 aromatic rings. The average Bonchev–Trinajstić information content (AvgIpc) is 2.85. The Balaban J connectivity index is 2.27. The summed E-state index contributed by atoms with van der Waals surface area (Å²) in [7, 11) is 1.84. The van der Waals surface area contributed by atoms with Crippen LogP contribution >= 0.6 is 0 Å². The van der Waals surface area contributed by atoms with Crippen molar-refractivity contribution in [3.05, 3.63) is 47.8 Å². The lowest BCUT2D eigenvalue weighted by Crippen LogP contribution is -2.23. The maximum absolute atomic E-state index is 12.3. The highest BCUT2D eigenvalue weighted by molar-refractivity contribution is 5.34. The molecule has 0 saturated heterocycles. The van der Waals surface area contributed by atoms with E-state index in [0.29, 0.717) is 0 Å². The van der Waals surface area contributed by atoms with E-state index < -0.39 is 6.61 Å². The zero-order valence-corrected chi connectivity index (χ0v) is 12.1. The molecule has 1 heterocycles. The number of hydrogen-bond acceptors (Lipinski definition) is 3. The maximum atomic E-state index is 12.3. The van der Waals surface area contributed by atoms with Crippen LogP contribution in [-0.2, 0) is 7.05 Å². The van der Waals surface area contributed by atoms with E-state index in [4.69, 9.17) is 0 Å². The summed E-state index contributed by atoms with van der Waals surface area (Å²) in [6.07, 6.45) is 2.83. The van der Waals surface area contributed by atoms with Gasteiger partial charge in [0.2, 0.25) is 0 Å². The second-order valence-corrected chi connectivity index (χ2v) is 4.75. The van der Waals surface area contributed by atoms with Crippen LogP contribution in [0.2, 0.25) is 0 Å². The van der Waals surface area contributed by atoms with Crippen molar-refractivity contribution < 1.29 is 13.5 Å². The highest BCUT2D eigenvalue weighted by Crippen LogP contribution is 2.25. The van der Waals surface area contributed by atoms with Crippen molar-refractivity contribution in [1.82, 2.24) is 15.1 Å². The number of ether oxygens (including phenoxy) is 1. The van der Waals surface area contributed by atoms with Gasteiger partial charge in [-0.05, 0) is 36.7 Å². The summed E-state index contributed by atoms with van der Waals surface area (Å²) < 4.78 is 30.8. The number of aromatic nitrogens is 2. The number of nitrogens with one attached hydrogen (secondary N) is 1. The van der Waals surface area contributed by atoms with Gasteiger partial charge in [-0.15, -0.1) is 0 Å². The Labute approximate surface area is 122 Å². The molecule has 0 bridgehead atoms. The highest BCUT2D eigenvalue weighted by Gasteiger charge is 2.17. The van der Waals surface area contributed by atoms with Crippen LogP contribution in [0.5, 0.6) is 5.75 Å². The molecule has 21 heavy (non-hydrogen) atoms. The molecule has 0 aliphatic carbocycles. The molecule has 0 spiro atoms. The van der Waals surface area contributed by atoms with Crippen molar-refractivity contribution in [2.24, 2.45) is 7.05 Å². The Kier molecular flexibility index (Phi) is 5.27. The van der Waals surface area contributed by atoms with Crippen molar-refractivity contribution in [3.8, 4) is 5.75 Å². The van der Waals surface area contributed by atoms with Gasteiger partial charge in [0.05, 0.1) is 11.7 Å². The number of benzene rings is 1. The van der Waals surface area contributed by atoms with Gasteiger partial charge >= 0.3 is 6.61 Å². The Morgan fingerprint density at radius 3 is 2.76 bits per heavy atom. The van der Waals surface area contributed by atoms with E-state index in [9.17, 15) is 8.78 Å². The molecule has 1 aromatic carbocycles. The standard InChI is InChI=1S/C15H19F2N3O/c1-3-8-18-14(13-7-9-20(2)19-13)11-5-4-6-12(10-11)21-15(16)17/h4-7,9-10,14-15,18H,3,8H2,1-2H3. The van der Waals surface area contributed by atoms with Gasteiger partial charge < -0.3 is 10.1 Å². The Hall–Kier alpha value is -1.95. The minimum Gasteiger partial charge on any atom is -0.435 e. The summed E-state index contributed by atoms with van der Waals surface area (Å²) in [5.41, 5.74) is 1.69. The van der Waals surface area contributed by atoms with E-state index in [-0.39, 0.29) is 11.8 Å². The van der Waals surface area contributed by atoms with Gasteiger partial charge in [-0.3, -0.25) is 4.68 Å². The lowest BCUT2D eigenvalue weighted by Gasteiger charge is -2.18. The van der Waals surface area contributed by atoms with Crippen LogP contribution in [0.15, 0.2) is 36.5 Å². The quantitative estimate of drug-likeness (QED) is 0.853. The SMILES string of the molecule is CCCNC(c1cccc(OC(F)F)c1)c1ccn(C)n1. The summed E-state index contributed by atoms with van der Waals surface area (Å²) in [4.78, 5) is 0. The average molecular weight is 295 g/mol. The fourth-order valence-electron chi connectivity index (χ4n) is 2.14. The third-order valence-corrected chi connectivity index (χ3v) is 3.05. The summed E-state index contributed by atoms with van der Waals surface area (Å²) in [6.45, 7) is 0.0529. The molecule has 2 rings (SSSR count). The van der Waals surface area contributed by atoms with Gasteiger partial charge in [0.1, 0.15) is 5.75 Å². The van der Waals surface area contributed by atoms with Crippen LogP contribution in [-0.4, -0.2) is 22.9 Å². The molecule has 0 aliphatic heterocycles. The topological polar surface area (TPSA) is 39.1 Å². The predicted molar refractivity (Wildman–Crippen MR) is 76.4 cm³/mol. The molecule has 1 aromatic heterocycles. The van der Waals surface area contributed by atoms with E-state index in [1.165, 1.54) is 6.07 Å². The van der Waals surface area contributed by atoms with Crippen LogP contribution in [0, 0.1) is 0 Å². The first-order valence-electron chi connectivity index (χ1n) is 6.88. The van der Waals surface area contributed by atoms with Crippen LogP contribution in [0.4, 0.5) is 8.78 Å². The fraction of sp³-hybridized carbons (Fsp3) is 0.400. The first kappa shape index (κ1) is 15.4. The van der Waals surface area contributed by atoms with Crippen molar-refractivity contribution >= 4 is 0 Å². The minimum atomic E-state index is -2.82. The molecule has 0 aliphatic rings. The molecule has 0 saturated carbocycles. The number of nitrogens with zero attached hydrogens (tertiary/aromatic N) is 2. The minimum absolute atomic E-state index is 0.146. The molecule has 114 valence electrons. The van der Waals surface area contributed by atoms with Crippen molar-refractivity contribution in [3.63, 3.8) is 0 Å². The van der Waals surface area contributed by atoms with Crippen LogP contribution in [0.1, 0.15) is 30.6 Å². The molecule has 0 amide bonds. The number of alkyl halides is 2. The zero-order chi connectivity index (χ0) is 15.2. The second kappa shape index (κ2) is 7.17. The summed E-state index contributed by atoms with van der Waals surface area (Å²) in [5, 5.41) is 7.77. The first-order valence-corrected chi connectivity index (χ1v) is 6.88. The number of halogens is 2. The molecule has 1 unspecified atom stereocenters. The van der Waals surface area contributed by atoms with Gasteiger partial charge in [0.25, 0.3) is 0 Å². The Bertz CT molecular complexity index is 572. The third kappa shape index (κ3) is 4.26. The molecule has 1 N–H and O–H groups in total. The lowest BCUT2D eigenvalue weighted by atomic mass is 10.0. The summed E-state index contributed by atoms with van der Waals surface area (Å²) >= 11 is 0. The monoisotopic (exact) mass is 295 g/mol. The van der Waals surface area contributed by atoms with Crippen LogP contribution in [0.25, 0.3) is 0 Å². The van der Waals surface area contributed by atoms with Gasteiger partial charge in [0.15, 0.2) is 0 Å². The van der Waals surface area contributed by atoms with E-state index in [2.05, 4.69) is 22.1 Å². The zero-order valence-electron chi connectivity index (χ0n) is 12.1. The second-order valence-electron chi connectivity index (χ2n) is 4.75. The van der Waals surface area contributed by atoms with E-state index in [0.717, 1.165) is 24.2 Å². The molecular weight excluding hydrogens is 276 g/mol. The molecule has 0 radical (unpaired) electrons. The Morgan fingerprint density at radius 1 is 1.33 bits per heavy atom. The van der Waals surface area contributed by atoms with Gasteiger partial charge in [-0.25, -0.2) is 0 Å². The largest absolute Gasteiger partial charge is 0.435 e. The lowest BCUT2D eigenvalue weighted by molar-refractivity contribution is -0.0498. The smallest absolute Gasteiger partial charge is 0.387 e. The first-order chi connectivity index (χ1) is 10.1. The van der Waals surface area contributed by atoms with E-state index >= 15 is 0 Å². The van der Waals surface area contributed by atoms with Crippen molar-refractivity contribution in [1.29, 1.82) is 0 Å². The van der Waals surface area contributed by atoms with Crippen molar-refractivity contribution in [2.45, 2.75) is 26.0 Å². The number of aryl methyl sites for hydroxylation is 1. The highest BCUT2D eigenvalue weighted by atomic mass is 19.3. The molecular formula is C15H19F2N3O. The van der Waals surface area contributed by atoms with Gasteiger partial charge in [-0.2, -0.15) is 13.9 Å². The molecule has 1 atom stereocenters. The van der Waals surface area contributed by atoms with Gasteiger partial charge in [0, 0.05) is 13.2 Å². The predicted octanol–water partition coefficient (Wildman–Crippen LogP) is 3.11. The maximum Gasteiger partial charge on any atom is 0.387 e. The van der Waals surface area contributed by atoms with Crippen LogP contribution < -0.4 is 10.1 Å². The summed E-state index contributed by atoms with van der Waals surface area (Å²) in [6, 6.07) is 8.48. The molecule has 4 nitrogen and oxygen atoms in total. The summed E-state index contributed by atoms with van der Waals surface area (Å²) in [5.74, 6) is 0.154. The normalized spacial score (nSPS) is 12.6. The van der Waals surface area contributed by atoms with E-state index in [1.54, 1.807) is 16.8 Å². The Morgan fingerprint density at radius 2 is 2.14 bits per heavy atom. The van der Waals surface area contributed by atoms with E-state index in [1.807, 2.05) is 25.4 Å². The van der Waals surface area contributed by atoms with Crippen molar-refractivity contribution in [2.75, 3.05) is 6.54 Å². The van der Waals surface area contributed by atoms with Gasteiger partial charge in [-0.1, -0.05) is 19.1 Å². The third-order valence-electron chi connectivity index (χ3n) is 3.05. The number of hydrogen-bond donors (Lipinski definition) is 1. The fourth-order valence-corrected chi connectivity index (χ4v) is 2.14.